The standard InChI is InChI=1S/C18H23N9/c1-5-13(6-2)27-18(23-17(24-27)9-26-11-19-10-21-26)14-7-16-15(22-12(14)3)8-20-25(16)4/h7-8,10-11,13H,5-6,9H2,1-4H3. The molecule has 0 aliphatic carbocycles. The van der Waals surface area contributed by atoms with E-state index >= 15 is 0 Å². The van der Waals surface area contributed by atoms with Crippen LogP contribution in [-0.4, -0.2) is 44.3 Å². The Morgan fingerprint density at radius 2 is 1.93 bits per heavy atom. The molecule has 4 aromatic rings. The number of nitrogens with zero attached hydrogens (tertiary/aromatic N) is 9. The van der Waals surface area contributed by atoms with Crippen LogP contribution in [0.25, 0.3) is 22.4 Å². The van der Waals surface area contributed by atoms with Crippen LogP contribution in [0.1, 0.15) is 44.2 Å². The molecule has 4 heterocycles. The monoisotopic (exact) mass is 365 g/mol. The average molecular weight is 365 g/mol. The normalized spacial score (nSPS) is 11.7. The molecule has 9 heteroatoms. The second-order valence-corrected chi connectivity index (χ2v) is 6.65. The van der Waals surface area contributed by atoms with Crippen LogP contribution < -0.4 is 0 Å². The van der Waals surface area contributed by atoms with Gasteiger partial charge >= 0.3 is 0 Å². The van der Waals surface area contributed by atoms with Crippen molar-refractivity contribution in [2.75, 3.05) is 0 Å². The van der Waals surface area contributed by atoms with Crippen molar-refractivity contribution in [3.05, 3.63) is 36.4 Å². The zero-order valence-electron chi connectivity index (χ0n) is 16.0. The molecule has 0 N–H and O–H groups in total. The SMILES string of the molecule is CCC(CC)n1nc(Cn2cncn2)nc1-c1cc2c(cnn2C)nc1C. The second kappa shape index (κ2) is 6.90. The van der Waals surface area contributed by atoms with E-state index in [1.807, 2.05) is 23.3 Å². The zero-order valence-corrected chi connectivity index (χ0v) is 16.0. The minimum atomic E-state index is 0.277. The van der Waals surface area contributed by atoms with Crippen molar-refractivity contribution in [3.8, 4) is 11.4 Å². The molecule has 0 saturated carbocycles. The van der Waals surface area contributed by atoms with Gasteiger partial charge in [-0.2, -0.15) is 15.3 Å². The topological polar surface area (TPSA) is 92.1 Å². The van der Waals surface area contributed by atoms with Crippen molar-refractivity contribution in [1.29, 1.82) is 0 Å². The van der Waals surface area contributed by atoms with E-state index in [-0.39, 0.29) is 6.04 Å². The molecule has 0 aromatic carbocycles. The summed E-state index contributed by atoms with van der Waals surface area (Å²) in [5, 5.41) is 13.3. The van der Waals surface area contributed by atoms with Crippen molar-refractivity contribution in [3.63, 3.8) is 0 Å². The van der Waals surface area contributed by atoms with Crippen molar-refractivity contribution in [2.45, 2.75) is 46.2 Å². The molecule has 0 bridgehead atoms. The minimum Gasteiger partial charge on any atom is -0.266 e. The molecular formula is C18H23N9. The number of hydrogen-bond donors (Lipinski definition) is 0. The van der Waals surface area contributed by atoms with Crippen LogP contribution in [0, 0.1) is 6.92 Å². The Morgan fingerprint density at radius 1 is 1.11 bits per heavy atom. The van der Waals surface area contributed by atoms with Gasteiger partial charge in [0, 0.05) is 18.3 Å². The van der Waals surface area contributed by atoms with Gasteiger partial charge in [0.1, 0.15) is 24.7 Å². The van der Waals surface area contributed by atoms with E-state index in [1.165, 1.54) is 6.33 Å². The quantitative estimate of drug-likeness (QED) is 0.521. The van der Waals surface area contributed by atoms with Crippen LogP contribution >= 0.6 is 0 Å². The lowest BCUT2D eigenvalue weighted by molar-refractivity contribution is 0.428. The summed E-state index contributed by atoms with van der Waals surface area (Å²) in [4.78, 5) is 13.6. The molecule has 0 saturated heterocycles. The third kappa shape index (κ3) is 3.09. The molecule has 0 aliphatic heterocycles. The van der Waals surface area contributed by atoms with Gasteiger partial charge in [-0.05, 0) is 25.8 Å². The lowest BCUT2D eigenvalue weighted by Crippen LogP contribution is -2.12. The number of fused-ring (bicyclic) bond motifs is 1. The van der Waals surface area contributed by atoms with Crippen molar-refractivity contribution < 1.29 is 0 Å². The fourth-order valence-electron chi connectivity index (χ4n) is 3.36. The summed E-state index contributed by atoms with van der Waals surface area (Å²) in [6, 6.07) is 2.38. The highest BCUT2D eigenvalue weighted by molar-refractivity contribution is 5.80. The lowest BCUT2D eigenvalue weighted by Gasteiger charge is -2.16. The predicted octanol–water partition coefficient (Wildman–Crippen LogP) is 2.54. The Balaban J connectivity index is 1.86. The molecular weight excluding hydrogens is 342 g/mol. The molecule has 0 fully saturated rings. The Labute approximate surface area is 157 Å². The summed E-state index contributed by atoms with van der Waals surface area (Å²) >= 11 is 0. The van der Waals surface area contributed by atoms with Gasteiger partial charge < -0.3 is 0 Å². The maximum absolute atomic E-state index is 4.85. The Kier molecular flexibility index (Phi) is 4.43. The van der Waals surface area contributed by atoms with E-state index in [0.29, 0.717) is 12.4 Å². The molecule has 0 radical (unpaired) electrons. The summed E-state index contributed by atoms with van der Waals surface area (Å²) < 4.78 is 5.60. The first-order valence-corrected chi connectivity index (χ1v) is 9.18. The smallest absolute Gasteiger partial charge is 0.172 e. The molecule has 0 amide bonds. The van der Waals surface area contributed by atoms with Crippen LogP contribution in [0.4, 0.5) is 0 Å². The van der Waals surface area contributed by atoms with E-state index in [1.54, 1.807) is 17.2 Å². The van der Waals surface area contributed by atoms with Crippen LogP contribution in [-0.2, 0) is 13.6 Å². The third-order valence-corrected chi connectivity index (χ3v) is 4.90. The van der Waals surface area contributed by atoms with E-state index in [4.69, 9.17) is 15.1 Å². The van der Waals surface area contributed by atoms with Gasteiger partial charge in [-0.15, -0.1) is 0 Å². The van der Waals surface area contributed by atoms with Gasteiger partial charge in [0.15, 0.2) is 11.6 Å². The highest BCUT2D eigenvalue weighted by atomic mass is 15.4. The van der Waals surface area contributed by atoms with E-state index in [9.17, 15) is 0 Å². The van der Waals surface area contributed by atoms with Crippen molar-refractivity contribution >= 4 is 11.0 Å². The molecule has 0 spiro atoms. The molecule has 0 unspecified atom stereocenters. The summed E-state index contributed by atoms with van der Waals surface area (Å²) in [6.07, 6.45) is 6.94. The second-order valence-electron chi connectivity index (χ2n) is 6.65. The highest BCUT2D eigenvalue weighted by Gasteiger charge is 2.21. The van der Waals surface area contributed by atoms with Gasteiger partial charge in [0.2, 0.25) is 0 Å². The number of rotatable bonds is 6. The maximum atomic E-state index is 4.85. The first kappa shape index (κ1) is 17.3. The number of aryl methyl sites for hydroxylation is 2. The molecule has 4 aromatic heterocycles. The predicted molar refractivity (Wildman–Crippen MR) is 101 cm³/mol. The molecule has 140 valence electrons. The molecule has 27 heavy (non-hydrogen) atoms. The van der Waals surface area contributed by atoms with Gasteiger partial charge in [0.05, 0.1) is 17.8 Å². The van der Waals surface area contributed by atoms with Gasteiger partial charge in [-0.1, -0.05) is 13.8 Å². The summed E-state index contributed by atoms with van der Waals surface area (Å²) in [6.45, 7) is 6.84. The fraction of sp³-hybridized carbons (Fsp3) is 0.444. The largest absolute Gasteiger partial charge is 0.266 e. The Hall–Kier alpha value is -3.10. The van der Waals surface area contributed by atoms with Crippen LogP contribution in [0.15, 0.2) is 24.9 Å². The van der Waals surface area contributed by atoms with Crippen LogP contribution in [0.5, 0.6) is 0 Å². The summed E-state index contributed by atoms with van der Waals surface area (Å²) in [5.41, 5.74) is 3.76. The zero-order chi connectivity index (χ0) is 19.0. The minimum absolute atomic E-state index is 0.277. The first-order valence-electron chi connectivity index (χ1n) is 9.18. The number of pyridine rings is 1. The van der Waals surface area contributed by atoms with Crippen molar-refractivity contribution in [2.24, 2.45) is 7.05 Å². The third-order valence-electron chi connectivity index (χ3n) is 4.90. The van der Waals surface area contributed by atoms with Gasteiger partial charge in [-0.25, -0.2) is 24.3 Å². The van der Waals surface area contributed by atoms with Crippen LogP contribution in [0.3, 0.4) is 0 Å². The van der Waals surface area contributed by atoms with Crippen molar-refractivity contribution in [1.82, 2.24) is 44.3 Å². The average Bonchev–Trinajstić information content (AvgIpc) is 3.38. The first-order chi connectivity index (χ1) is 13.1. The lowest BCUT2D eigenvalue weighted by atomic mass is 10.1. The molecule has 4 rings (SSSR count). The van der Waals surface area contributed by atoms with Crippen LogP contribution in [0.2, 0.25) is 0 Å². The van der Waals surface area contributed by atoms with Gasteiger partial charge in [-0.3, -0.25) is 4.68 Å². The van der Waals surface area contributed by atoms with E-state index in [0.717, 1.165) is 41.0 Å². The van der Waals surface area contributed by atoms with E-state index < -0.39 is 0 Å². The van der Waals surface area contributed by atoms with Gasteiger partial charge in [0.25, 0.3) is 0 Å². The molecule has 0 aliphatic rings. The number of aromatic nitrogens is 9. The van der Waals surface area contributed by atoms with E-state index in [2.05, 4.69) is 35.1 Å². The Bertz CT molecular complexity index is 1050. The molecule has 0 atom stereocenters. The summed E-state index contributed by atoms with van der Waals surface area (Å²) in [7, 11) is 1.92. The Morgan fingerprint density at radius 3 is 2.63 bits per heavy atom. The molecule has 9 nitrogen and oxygen atoms in total. The maximum Gasteiger partial charge on any atom is 0.172 e. The highest BCUT2D eigenvalue weighted by Crippen LogP contribution is 2.28. The fourth-order valence-corrected chi connectivity index (χ4v) is 3.36. The number of hydrogen-bond acceptors (Lipinski definition) is 6. The summed E-state index contributed by atoms with van der Waals surface area (Å²) in [5.74, 6) is 1.55.